The van der Waals surface area contributed by atoms with Crippen LogP contribution in [-0.2, 0) is 0 Å². The molecule has 0 aliphatic heterocycles. The van der Waals surface area contributed by atoms with Crippen LogP contribution in [0.4, 0.5) is 0 Å². The van der Waals surface area contributed by atoms with E-state index in [1.807, 2.05) is 11.8 Å². The first kappa shape index (κ1) is 7.48. The second kappa shape index (κ2) is 3.48. The van der Waals surface area contributed by atoms with Gasteiger partial charge in [-0.3, -0.25) is 0 Å². The Hall–Kier alpha value is -0.170. The van der Waals surface area contributed by atoms with Gasteiger partial charge in [-0.05, 0) is 48.3 Å². The Morgan fingerprint density at radius 2 is 1.45 bits per heavy atom. The van der Waals surface area contributed by atoms with E-state index >= 15 is 0 Å². The Morgan fingerprint density at radius 3 is 1.82 bits per heavy atom. The molecule has 0 saturated heterocycles. The first-order chi connectivity index (χ1) is 5.45. The molecule has 0 amide bonds. The SMILES string of the molecule is C1=C(SC2=CCCC2)CCC1. The molecule has 1 heteroatoms. The minimum Gasteiger partial charge on any atom is -0.0997 e. The average molecular weight is 166 g/mol. The third-order valence-electron chi connectivity index (χ3n) is 2.26. The summed E-state index contributed by atoms with van der Waals surface area (Å²) in [5.74, 6) is 0. The van der Waals surface area contributed by atoms with Gasteiger partial charge in [0.1, 0.15) is 0 Å². The summed E-state index contributed by atoms with van der Waals surface area (Å²) in [4.78, 5) is 3.25. The van der Waals surface area contributed by atoms with Gasteiger partial charge in [0.25, 0.3) is 0 Å². The van der Waals surface area contributed by atoms with Gasteiger partial charge in [-0.25, -0.2) is 0 Å². The first-order valence-corrected chi connectivity index (χ1v) is 5.33. The Morgan fingerprint density at radius 1 is 0.909 bits per heavy atom. The minimum atomic E-state index is 1.32. The molecule has 2 rings (SSSR count). The van der Waals surface area contributed by atoms with E-state index in [1.54, 1.807) is 9.81 Å². The topological polar surface area (TPSA) is 0 Å². The molecule has 0 atom stereocenters. The summed E-state index contributed by atoms with van der Waals surface area (Å²) in [7, 11) is 0. The molecule has 0 bridgehead atoms. The monoisotopic (exact) mass is 166 g/mol. The smallest absolute Gasteiger partial charge is 0.0145 e. The van der Waals surface area contributed by atoms with Crippen molar-refractivity contribution in [2.45, 2.75) is 38.5 Å². The second-order valence-corrected chi connectivity index (χ2v) is 4.48. The van der Waals surface area contributed by atoms with Gasteiger partial charge in [-0.1, -0.05) is 23.9 Å². The van der Waals surface area contributed by atoms with Crippen molar-refractivity contribution in [1.82, 2.24) is 0 Å². The molecule has 0 radical (unpaired) electrons. The van der Waals surface area contributed by atoms with Crippen LogP contribution in [0.1, 0.15) is 38.5 Å². The van der Waals surface area contributed by atoms with Crippen molar-refractivity contribution < 1.29 is 0 Å². The molecule has 60 valence electrons. The maximum Gasteiger partial charge on any atom is -0.0145 e. The van der Waals surface area contributed by atoms with Crippen LogP contribution in [0.5, 0.6) is 0 Å². The molecule has 0 nitrogen and oxygen atoms in total. The number of rotatable bonds is 2. The van der Waals surface area contributed by atoms with Gasteiger partial charge in [0.05, 0.1) is 0 Å². The molecule has 0 aromatic rings. The minimum absolute atomic E-state index is 1.32. The fourth-order valence-corrected chi connectivity index (χ4v) is 2.87. The highest BCUT2D eigenvalue weighted by atomic mass is 32.2. The highest BCUT2D eigenvalue weighted by Crippen LogP contribution is 2.38. The van der Waals surface area contributed by atoms with Crippen LogP contribution in [0.25, 0.3) is 0 Å². The third-order valence-corrected chi connectivity index (χ3v) is 3.53. The molecule has 0 unspecified atom stereocenters. The molecule has 0 saturated carbocycles. The van der Waals surface area contributed by atoms with Crippen LogP contribution in [-0.4, -0.2) is 0 Å². The van der Waals surface area contributed by atoms with Crippen molar-refractivity contribution in [3.63, 3.8) is 0 Å². The predicted octanol–water partition coefficient (Wildman–Crippen LogP) is 3.86. The van der Waals surface area contributed by atoms with Gasteiger partial charge < -0.3 is 0 Å². The average Bonchev–Trinajstić information content (AvgIpc) is 2.60. The molecule has 0 heterocycles. The summed E-state index contributed by atoms with van der Waals surface area (Å²) in [5, 5.41) is 0. The Balaban J connectivity index is 1.89. The number of hydrogen-bond donors (Lipinski definition) is 0. The van der Waals surface area contributed by atoms with Crippen LogP contribution in [0.2, 0.25) is 0 Å². The van der Waals surface area contributed by atoms with Crippen LogP contribution >= 0.6 is 11.8 Å². The standard InChI is InChI=1S/C10H14S/c1-2-6-9(5-1)11-10-7-3-4-8-10/h5,7H,1-4,6,8H2. The third kappa shape index (κ3) is 1.90. The van der Waals surface area contributed by atoms with E-state index in [-0.39, 0.29) is 0 Å². The van der Waals surface area contributed by atoms with Crippen molar-refractivity contribution in [3.8, 4) is 0 Å². The zero-order chi connectivity index (χ0) is 7.52. The fraction of sp³-hybridized carbons (Fsp3) is 0.600. The lowest BCUT2D eigenvalue weighted by Crippen LogP contribution is -1.71. The summed E-state index contributed by atoms with van der Waals surface area (Å²) in [5.41, 5.74) is 0. The highest BCUT2D eigenvalue weighted by Gasteiger charge is 2.10. The van der Waals surface area contributed by atoms with Crippen molar-refractivity contribution in [2.24, 2.45) is 0 Å². The predicted molar refractivity (Wildman–Crippen MR) is 51.5 cm³/mol. The van der Waals surface area contributed by atoms with Crippen molar-refractivity contribution >= 4 is 11.8 Å². The zero-order valence-corrected chi connectivity index (χ0v) is 7.62. The van der Waals surface area contributed by atoms with E-state index in [9.17, 15) is 0 Å². The maximum absolute atomic E-state index is 2.41. The molecule has 0 aromatic carbocycles. The Bertz CT molecular complexity index is 179. The number of thioether (sulfide) groups is 1. The van der Waals surface area contributed by atoms with E-state index in [4.69, 9.17) is 0 Å². The first-order valence-electron chi connectivity index (χ1n) is 4.51. The fourth-order valence-electron chi connectivity index (χ4n) is 1.64. The summed E-state index contributed by atoms with van der Waals surface area (Å²) >= 11 is 2.04. The number of allylic oxidation sites excluding steroid dienone is 4. The molecule has 0 N–H and O–H groups in total. The van der Waals surface area contributed by atoms with Crippen LogP contribution in [0.15, 0.2) is 22.0 Å². The van der Waals surface area contributed by atoms with E-state index < -0.39 is 0 Å². The van der Waals surface area contributed by atoms with Crippen LogP contribution in [0, 0.1) is 0 Å². The van der Waals surface area contributed by atoms with Gasteiger partial charge in [-0.2, -0.15) is 0 Å². The highest BCUT2D eigenvalue weighted by molar-refractivity contribution is 8.06. The maximum atomic E-state index is 2.41. The van der Waals surface area contributed by atoms with E-state index in [0.717, 1.165) is 0 Å². The van der Waals surface area contributed by atoms with Gasteiger partial charge in [0.15, 0.2) is 0 Å². The van der Waals surface area contributed by atoms with Crippen LogP contribution in [0.3, 0.4) is 0 Å². The van der Waals surface area contributed by atoms with E-state index in [1.165, 1.54) is 38.5 Å². The quantitative estimate of drug-likeness (QED) is 0.600. The molecular formula is C10H14S. The normalized spacial score (nSPS) is 23.6. The largest absolute Gasteiger partial charge is 0.0997 e. The Kier molecular flexibility index (Phi) is 2.37. The summed E-state index contributed by atoms with van der Waals surface area (Å²) in [6.07, 6.45) is 12.9. The molecule has 11 heavy (non-hydrogen) atoms. The number of hydrogen-bond acceptors (Lipinski definition) is 1. The molecule has 2 aliphatic rings. The summed E-state index contributed by atoms with van der Waals surface area (Å²) in [6.45, 7) is 0. The molecule has 0 aromatic heterocycles. The molecule has 0 spiro atoms. The van der Waals surface area contributed by atoms with Gasteiger partial charge in [0, 0.05) is 0 Å². The van der Waals surface area contributed by atoms with Gasteiger partial charge in [-0.15, -0.1) is 0 Å². The molecule has 0 fully saturated rings. The lowest BCUT2D eigenvalue weighted by Gasteiger charge is -2.00. The van der Waals surface area contributed by atoms with Crippen molar-refractivity contribution in [2.75, 3.05) is 0 Å². The van der Waals surface area contributed by atoms with Crippen molar-refractivity contribution in [3.05, 3.63) is 22.0 Å². The molecular weight excluding hydrogens is 152 g/mol. The summed E-state index contributed by atoms with van der Waals surface area (Å²) < 4.78 is 0. The summed E-state index contributed by atoms with van der Waals surface area (Å²) in [6, 6.07) is 0. The van der Waals surface area contributed by atoms with Crippen molar-refractivity contribution in [1.29, 1.82) is 0 Å². The van der Waals surface area contributed by atoms with Crippen LogP contribution < -0.4 is 0 Å². The molecule has 2 aliphatic carbocycles. The second-order valence-electron chi connectivity index (χ2n) is 3.23. The van der Waals surface area contributed by atoms with Gasteiger partial charge in [0.2, 0.25) is 0 Å². The van der Waals surface area contributed by atoms with Gasteiger partial charge >= 0.3 is 0 Å². The van der Waals surface area contributed by atoms with E-state index in [0.29, 0.717) is 0 Å². The zero-order valence-electron chi connectivity index (χ0n) is 6.81. The Labute approximate surface area is 72.8 Å². The lowest BCUT2D eigenvalue weighted by atomic mass is 10.4. The van der Waals surface area contributed by atoms with E-state index in [2.05, 4.69) is 12.2 Å². The lowest BCUT2D eigenvalue weighted by molar-refractivity contribution is 0.921.